The van der Waals surface area contributed by atoms with Gasteiger partial charge in [-0.25, -0.2) is 4.79 Å². The van der Waals surface area contributed by atoms with Gasteiger partial charge in [-0.2, -0.15) is 0 Å². The van der Waals surface area contributed by atoms with Gasteiger partial charge in [-0.1, -0.05) is 36.2 Å². The van der Waals surface area contributed by atoms with Gasteiger partial charge in [0.2, 0.25) is 5.91 Å². The highest BCUT2D eigenvalue weighted by atomic mass is 79.9. The van der Waals surface area contributed by atoms with E-state index < -0.39 is 12.0 Å². The Balaban J connectivity index is 2.53. The van der Waals surface area contributed by atoms with Gasteiger partial charge in [-0.05, 0) is 30.2 Å². The minimum atomic E-state index is -0.585. The molecule has 0 saturated carbocycles. The van der Waals surface area contributed by atoms with Crippen LogP contribution >= 0.6 is 27.7 Å². The molecule has 0 unspecified atom stereocenters. The number of methoxy groups -OCH3 is 1. The first-order chi connectivity index (χ1) is 9.97. The summed E-state index contributed by atoms with van der Waals surface area (Å²) in [7, 11) is 1.33. The van der Waals surface area contributed by atoms with Crippen LogP contribution in [-0.2, 0) is 14.3 Å². The normalized spacial score (nSPS) is 13.3. The molecule has 0 aliphatic carbocycles. The maximum atomic E-state index is 12.0. The molecule has 1 aromatic carbocycles. The van der Waals surface area contributed by atoms with Crippen LogP contribution in [0.15, 0.2) is 33.6 Å². The van der Waals surface area contributed by atoms with E-state index in [2.05, 4.69) is 21.2 Å². The zero-order chi connectivity index (χ0) is 15.8. The summed E-state index contributed by atoms with van der Waals surface area (Å²) in [5, 5.41) is 2.76. The van der Waals surface area contributed by atoms with Crippen molar-refractivity contribution in [3.05, 3.63) is 28.7 Å². The van der Waals surface area contributed by atoms with E-state index in [1.807, 2.05) is 38.1 Å². The van der Waals surface area contributed by atoms with Crippen molar-refractivity contribution in [3.63, 3.8) is 0 Å². The van der Waals surface area contributed by atoms with E-state index in [0.717, 1.165) is 15.8 Å². The summed E-state index contributed by atoms with van der Waals surface area (Å²) in [6.45, 7) is 3.90. The van der Waals surface area contributed by atoms with Crippen molar-refractivity contribution in [2.24, 2.45) is 5.92 Å². The first-order valence-electron chi connectivity index (χ1n) is 6.73. The molecule has 21 heavy (non-hydrogen) atoms. The van der Waals surface area contributed by atoms with E-state index in [4.69, 9.17) is 4.74 Å². The van der Waals surface area contributed by atoms with E-state index in [1.54, 1.807) is 0 Å². The van der Waals surface area contributed by atoms with Gasteiger partial charge in [-0.3, -0.25) is 4.79 Å². The van der Waals surface area contributed by atoms with Gasteiger partial charge >= 0.3 is 5.97 Å². The molecular weight excluding hydrogens is 354 g/mol. The topological polar surface area (TPSA) is 55.4 Å². The summed E-state index contributed by atoms with van der Waals surface area (Å²) in [5.41, 5.74) is 0. The van der Waals surface area contributed by atoms with Crippen LogP contribution < -0.4 is 5.32 Å². The lowest BCUT2D eigenvalue weighted by molar-refractivity contribution is -0.146. The largest absolute Gasteiger partial charge is 0.467 e. The number of hydrogen-bond acceptors (Lipinski definition) is 4. The lowest BCUT2D eigenvalue weighted by atomic mass is 9.99. The minimum absolute atomic E-state index is 0.0408. The number of carbonyl (C=O) groups excluding carboxylic acids is 2. The fourth-order valence-corrected chi connectivity index (χ4v) is 2.66. The monoisotopic (exact) mass is 373 g/mol. The molecule has 0 aromatic heterocycles. The Morgan fingerprint density at radius 3 is 2.48 bits per heavy atom. The van der Waals surface area contributed by atoms with E-state index >= 15 is 0 Å². The standard InChI is InChI=1S/C15H20BrNO3S/c1-4-10(2)14(15(19)20-3)17-13(18)9-21-12-7-5-11(16)6-8-12/h5-8,10,14H,4,9H2,1-3H3,(H,17,18)/t10-,14-/m1/s1. The molecule has 0 spiro atoms. The molecule has 1 amide bonds. The van der Waals surface area contributed by atoms with Crippen LogP contribution in [0.2, 0.25) is 0 Å². The number of halogens is 1. The number of ether oxygens (including phenoxy) is 1. The maximum absolute atomic E-state index is 12.0. The molecule has 1 N–H and O–H groups in total. The number of esters is 1. The zero-order valence-corrected chi connectivity index (χ0v) is 14.8. The van der Waals surface area contributed by atoms with Crippen LogP contribution in [0.25, 0.3) is 0 Å². The molecule has 0 bridgehead atoms. The minimum Gasteiger partial charge on any atom is -0.467 e. The molecular formula is C15H20BrNO3S. The van der Waals surface area contributed by atoms with E-state index in [0.29, 0.717) is 0 Å². The Morgan fingerprint density at radius 2 is 1.95 bits per heavy atom. The quantitative estimate of drug-likeness (QED) is 0.588. The molecule has 0 fully saturated rings. The number of rotatable bonds is 7. The molecule has 116 valence electrons. The van der Waals surface area contributed by atoms with Crippen molar-refractivity contribution >= 4 is 39.6 Å². The van der Waals surface area contributed by atoms with Gasteiger partial charge in [0, 0.05) is 9.37 Å². The Labute approximate surface area is 138 Å². The molecule has 0 aliphatic rings. The van der Waals surface area contributed by atoms with Crippen molar-refractivity contribution in [1.82, 2.24) is 5.32 Å². The van der Waals surface area contributed by atoms with Crippen molar-refractivity contribution < 1.29 is 14.3 Å². The number of carbonyl (C=O) groups is 2. The number of hydrogen-bond donors (Lipinski definition) is 1. The molecule has 0 radical (unpaired) electrons. The fraction of sp³-hybridized carbons (Fsp3) is 0.467. The van der Waals surface area contributed by atoms with Gasteiger partial charge in [0.25, 0.3) is 0 Å². The summed E-state index contributed by atoms with van der Waals surface area (Å²) < 4.78 is 5.75. The first kappa shape index (κ1) is 18.0. The van der Waals surface area contributed by atoms with Crippen molar-refractivity contribution in [3.8, 4) is 0 Å². The second-order valence-electron chi connectivity index (χ2n) is 4.70. The molecule has 1 rings (SSSR count). The molecule has 0 saturated heterocycles. The Kier molecular flexibility index (Phi) is 7.82. The lowest BCUT2D eigenvalue weighted by Gasteiger charge is -2.21. The van der Waals surface area contributed by atoms with Gasteiger partial charge < -0.3 is 10.1 Å². The van der Waals surface area contributed by atoms with Crippen molar-refractivity contribution in [1.29, 1.82) is 0 Å². The SMILES string of the molecule is CC[C@@H](C)[C@@H](NC(=O)CSc1ccc(Br)cc1)C(=O)OC. The van der Waals surface area contributed by atoms with Crippen LogP contribution in [0.1, 0.15) is 20.3 Å². The third-order valence-corrected chi connectivity index (χ3v) is 4.71. The van der Waals surface area contributed by atoms with Gasteiger partial charge in [0.15, 0.2) is 0 Å². The molecule has 0 heterocycles. The average Bonchev–Trinajstić information content (AvgIpc) is 2.50. The maximum Gasteiger partial charge on any atom is 0.328 e. The second kappa shape index (κ2) is 9.10. The highest BCUT2D eigenvalue weighted by molar-refractivity contribution is 9.10. The lowest BCUT2D eigenvalue weighted by Crippen LogP contribution is -2.46. The zero-order valence-electron chi connectivity index (χ0n) is 12.4. The smallest absolute Gasteiger partial charge is 0.328 e. The highest BCUT2D eigenvalue weighted by Gasteiger charge is 2.26. The predicted molar refractivity (Wildman–Crippen MR) is 88.3 cm³/mol. The predicted octanol–water partition coefficient (Wildman–Crippen LogP) is 3.25. The molecule has 0 aliphatic heterocycles. The van der Waals surface area contributed by atoms with Crippen LogP contribution in [-0.4, -0.2) is 30.8 Å². The average molecular weight is 374 g/mol. The highest BCUT2D eigenvalue weighted by Crippen LogP contribution is 2.20. The van der Waals surface area contributed by atoms with E-state index in [-0.39, 0.29) is 17.6 Å². The Morgan fingerprint density at radius 1 is 1.33 bits per heavy atom. The second-order valence-corrected chi connectivity index (χ2v) is 6.66. The summed E-state index contributed by atoms with van der Waals surface area (Å²) in [6.07, 6.45) is 0.792. The van der Waals surface area contributed by atoms with Crippen molar-refractivity contribution in [2.75, 3.05) is 12.9 Å². The molecule has 2 atom stereocenters. The first-order valence-corrected chi connectivity index (χ1v) is 8.51. The number of nitrogens with one attached hydrogen (secondary N) is 1. The third kappa shape index (κ3) is 6.09. The molecule has 1 aromatic rings. The van der Waals surface area contributed by atoms with Crippen molar-refractivity contribution in [2.45, 2.75) is 31.2 Å². The van der Waals surface area contributed by atoms with E-state index in [9.17, 15) is 9.59 Å². The summed E-state index contributed by atoms with van der Waals surface area (Å²) >= 11 is 4.80. The number of benzene rings is 1. The van der Waals surface area contributed by atoms with Crippen LogP contribution in [0.5, 0.6) is 0 Å². The van der Waals surface area contributed by atoms with Gasteiger partial charge in [-0.15, -0.1) is 11.8 Å². The summed E-state index contributed by atoms with van der Waals surface area (Å²) in [5.74, 6) is -0.255. The van der Waals surface area contributed by atoms with Crippen LogP contribution in [0.4, 0.5) is 0 Å². The Bertz CT molecular complexity index is 478. The van der Waals surface area contributed by atoms with Crippen LogP contribution in [0, 0.1) is 5.92 Å². The van der Waals surface area contributed by atoms with Gasteiger partial charge in [0.05, 0.1) is 12.9 Å². The Hall–Kier alpha value is -1.01. The number of amides is 1. The van der Waals surface area contributed by atoms with E-state index in [1.165, 1.54) is 18.9 Å². The fourth-order valence-electron chi connectivity index (χ4n) is 1.69. The summed E-state index contributed by atoms with van der Waals surface area (Å²) in [6, 6.07) is 7.15. The molecule has 4 nitrogen and oxygen atoms in total. The molecule has 6 heteroatoms. The summed E-state index contributed by atoms with van der Waals surface area (Å²) in [4.78, 5) is 24.7. The third-order valence-electron chi connectivity index (χ3n) is 3.17. The van der Waals surface area contributed by atoms with Gasteiger partial charge in [0.1, 0.15) is 6.04 Å². The van der Waals surface area contributed by atoms with Crippen LogP contribution in [0.3, 0.4) is 0 Å². The number of thioether (sulfide) groups is 1.